The SMILES string of the molecule is C=CCc1ccc(N(c2ccc(C=C)cc2)c2ccc(-c3ccc(N(c4ccc(C=C)cc4)c4ccc(CC=C)cc4)cc3)cc2)cc1.C=Cc1ccc(N(c2ccc(-c3ccc(N(c4ccc(C=C)cc4)c4ccc(C=C)c5ccccc45)cc3)cc2)c2ccc(C=C)c3ccccc23)cc1.C=Cc1ccc(N(c2ccccc2)c2ccc(C3(c4ccc(N(c5ccccc5)c5ccc(C=C)cc5)cc4)CCCCC3)cc2)cc1. The number of anilines is 18. The Labute approximate surface area is 886 Å². The molecule has 1 aliphatic rings. The van der Waals surface area contributed by atoms with Crippen LogP contribution < -0.4 is 29.4 Å². The molecule has 1 saturated carbocycles. The van der Waals surface area contributed by atoms with Crippen LogP contribution in [-0.4, -0.2) is 0 Å². The van der Waals surface area contributed by atoms with Gasteiger partial charge < -0.3 is 29.4 Å². The highest BCUT2D eigenvalue weighted by atomic mass is 15.2. The van der Waals surface area contributed by atoms with E-state index in [0.29, 0.717) is 0 Å². The lowest BCUT2D eigenvalue weighted by Gasteiger charge is -2.39. The molecule has 0 bridgehead atoms. The van der Waals surface area contributed by atoms with Crippen LogP contribution in [0, 0.1) is 0 Å². The van der Waals surface area contributed by atoms with Gasteiger partial charge in [0.2, 0.25) is 0 Å². The summed E-state index contributed by atoms with van der Waals surface area (Å²) in [4.78, 5) is 13.9. The summed E-state index contributed by atoms with van der Waals surface area (Å²) >= 11 is 0. The predicted molar refractivity (Wildman–Crippen MR) is 652 cm³/mol. The Balaban J connectivity index is 0.000000141. The van der Waals surface area contributed by atoms with E-state index in [-0.39, 0.29) is 5.41 Å². The van der Waals surface area contributed by atoms with Crippen molar-refractivity contribution in [2.45, 2.75) is 50.4 Å². The van der Waals surface area contributed by atoms with E-state index in [1.54, 1.807) is 0 Å². The minimum Gasteiger partial charge on any atom is -0.311 e. The Bertz CT molecular complexity index is 7620. The largest absolute Gasteiger partial charge is 0.311 e. The molecule has 0 radical (unpaired) electrons. The number of hydrogen-bond acceptors (Lipinski definition) is 6. The Morgan fingerprint density at radius 3 is 0.600 bits per heavy atom. The molecule has 0 aliphatic heterocycles. The van der Waals surface area contributed by atoms with E-state index in [4.69, 9.17) is 0 Å². The van der Waals surface area contributed by atoms with E-state index >= 15 is 0 Å². The maximum Gasteiger partial charge on any atom is 0.0540 e. The Hall–Kier alpha value is -18.9. The first-order valence-electron chi connectivity index (χ1n) is 51.4. The van der Waals surface area contributed by atoms with Crippen molar-refractivity contribution in [2.24, 2.45) is 0 Å². The van der Waals surface area contributed by atoms with Crippen molar-refractivity contribution < 1.29 is 0 Å². The lowest BCUT2D eigenvalue weighted by atomic mass is 9.65. The average molecular weight is 1940 g/mol. The molecule has 150 heavy (non-hydrogen) atoms. The Kier molecular flexibility index (Phi) is 31.5. The molecule has 0 atom stereocenters. The van der Waals surface area contributed by atoms with Crippen molar-refractivity contribution in [2.75, 3.05) is 29.4 Å². The highest BCUT2D eigenvalue weighted by Gasteiger charge is 2.37. The van der Waals surface area contributed by atoms with Gasteiger partial charge in [0.05, 0.1) is 11.4 Å². The zero-order valence-electron chi connectivity index (χ0n) is 85.0. The number of hydrogen-bond donors (Lipinski definition) is 0. The summed E-state index contributed by atoms with van der Waals surface area (Å²) < 4.78 is 0. The number of benzene rings is 20. The fourth-order valence-electron chi connectivity index (χ4n) is 20.6. The molecule has 6 heteroatoms. The second-order valence-corrected chi connectivity index (χ2v) is 37.5. The van der Waals surface area contributed by atoms with Crippen LogP contribution in [0.25, 0.3) is 92.4 Å². The summed E-state index contributed by atoms with van der Waals surface area (Å²) in [7, 11) is 0. The second kappa shape index (κ2) is 47.3. The van der Waals surface area contributed by atoms with Gasteiger partial charge in [-0.05, 0) is 332 Å². The zero-order valence-corrected chi connectivity index (χ0v) is 85.0. The average Bonchev–Trinajstić information content (AvgIpc) is 0.757. The Morgan fingerprint density at radius 2 is 0.373 bits per heavy atom. The molecular formula is C144H122N6. The van der Waals surface area contributed by atoms with Crippen LogP contribution in [0.1, 0.15) is 98.9 Å². The normalized spacial score (nSPS) is 11.7. The van der Waals surface area contributed by atoms with Crippen LogP contribution in [0.4, 0.5) is 102 Å². The predicted octanol–water partition coefficient (Wildman–Crippen LogP) is 41.4. The van der Waals surface area contributed by atoms with Crippen LogP contribution in [0.3, 0.4) is 0 Å². The third-order valence-corrected chi connectivity index (χ3v) is 28.5. The monoisotopic (exact) mass is 1930 g/mol. The van der Waals surface area contributed by atoms with Crippen LogP contribution in [-0.2, 0) is 18.3 Å². The molecule has 0 spiro atoms. The van der Waals surface area contributed by atoms with Crippen LogP contribution in [0.15, 0.2) is 551 Å². The van der Waals surface area contributed by atoms with Gasteiger partial charge in [-0.2, -0.15) is 0 Å². The highest BCUT2D eigenvalue weighted by molar-refractivity contribution is 6.05. The van der Waals surface area contributed by atoms with Crippen molar-refractivity contribution in [1.29, 1.82) is 0 Å². The summed E-state index contributed by atoms with van der Waals surface area (Å²) in [5.41, 5.74) is 38.6. The molecule has 0 unspecified atom stereocenters. The van der Waals surface area contributed by atoms with Crippen molar-refractivity contribution >= 4 is 173 Å². The van der Waals surface area contributed by atoms with Gasteiger partial charge in [-0.15, -0.1) is 13.2 Å². The van der Waals surface area contributed by atoms with Gasteiger partial charge in [0.15, 0.2) is 0 Å². The maximum atomic E-state index is 4.07. The Morgan fingerprint density at radius 1 is 0.173 bits per heavy atom. The van der Waals surface area contributed by atoms with Crippen molar-refractivity contribution in [3.8, 4) is 22.3 Å². The minimum atomic E-state index is -0.0122. The maximum absolute atomic E-state index is 4.07. The van der Waals surface area contributed by atoms with E-state index in [9.17, 15) is 0 Å². The van der Waals surface area contributed by atoms with Gasteiger partial charge in [-0.1, -0.05) is 400 Å². The third-order valence-electron chi connectivity index (χ3n) is 28.5. The van der Waals surface area contributed by atoms with Gasteiger partial charge in [0.25, 0.3) is 0 Å². The molecule has 20 aromatic carbocycles. The lowest BCUT2D eigenvalue weighted by Crippen LogP contribution is -2.30. The molecule has 0 N–H and O–H groups in total. The lowest BCUT2D eigenvalue weighted by molar-refractivity contribution is 0.346. The molecule has 0 aromatic heterocycles. The highest BCUT2D eigenvalue weighted by Crippen LogP contribution is 2.51. The number of nitrogens with zero attached hydrogens (tertiary/aromatic N) is 6. The van der Waals surface area contributed by atoms with E-state index in [0.717, 1.165) is 206 Å². The molecule has 1 aliphatic carbocycles. The summed E-state index contributed by atoms with van der Waals surface area (Å²) in [5.74, 6) is 0. The number of fused-ring (bicyclic) bond motifs is 2. The van der Waals surface area contributed by atoms with Crippen molar-refractivity contribution in [1.82, 2.24) is 0 Å². The fourth-order valence-corrected chi connectivity index (χ4v) is 20.6. The van der Waals surface area contributed by atoms with Gasteiger partial charge in [-0.3, -0.25) is 0 Å². The van der Waals surface area contributed by atoms with Crippen molar-refractivity contribution in [3.05, 3.63) is 618 Å². The summed E-state index contributed by atoms with van der Waals surface area (Å²) in [6, 6.07) is 170. The summed E-state index contributed by atoms with van der Waals surface area (Å²) in [5, 5.41) is 4.67. The minimum absolute atomic E-state index is 0.0122. The molecule has 0 amide bonds. The van der Waals surface area contributed by atoms with Gasteiger partial charge in [0, 0.05) is 107 Å². The van der Waals surface area contributed by atoms with E-state index < -0.39 is 0 Å². The number of para-hydroxylation sites is 2. The van der Waals surface area contributed by atoms with Crippen molar-refractivity contribution in [3.63, 3.8) is 0 Å². The second-order valence-electron chi connectivity index (χ2n) is 37.5. The molecule has 728 valence electrons. The molecule has 6 nitrogen and oxygen atoms in total. The quantitative estimate of drug-likeness (QED) is 0.0372. The first kappa shape index (κ1) is 99.8. The van der Waals surface area contributed by atoms with Crippen LogP contribution in [0.5, 0.6) is 0 Å². The topological polar surface area (TPSA) is 19.4 Å². The van der Waals surface area contributed by atoms with Gasteiger partial charge >= 0.3 is 0 Å². The van der Waals surface area contributed by atoms with E-state index in [2.05, 4.69) is 568 Å². The molecule has 21 rings (SSSR count). The van der Waals surface area contributed by atoms with Crippen LogP contribution in [0.2, 0.25) is 0 Å². The smallest absolute Gasteiger partial charge is 0.0540 e. The molecule has 0 heterocycles. The third kappa shape index (κ3) is 22.2. The molecule has 1 fully saturated rings. The first-order valence-corrected chi connectivity index (χ1v) is 51.4. The van der Waals surface area contributed by atoms with E-state index in [1.165, 1.54) is 52.3 Å². The number of rotatable bonds is 34. The van der Waals surface area contributed by atoms with E-state index in [1.807, 2.05) is 60.8 Å². The molecule has 0 saturated heterocycles. The molecular weight excluding hydrogens is 1810 g/mol. The number of allylic oxidation sites excluding steroid dienone is 2. The standard InChI is InChI=1S/C52H40N2.C46H42N2.C46H40N2/c1-5-37-17-27-43(28-18-37)53(51-35-25-39(7-3)47-13-9-11-15-49(47)51)45-31-21-41(22-32-45)42-23-33-46(34-24-42)54(44-29-19-38(6-2)20-30-44)52-36-26-40(8-4)48-14-10-12-16-50(48)52;1-3-36-18-26-42(27-19-36)47(40-14-8-5-9-15-40)44-30-22-38(23-31-44)46(34-12-7-13-35-46)39-24-32-45(33-25-39)48(41-16-10-6-11-17-41)43-28-20-37(4-2)21-29-43;1-5-9-37-15-27-43(28-16-37)47(41-23-11-35(7-3)12-24-41)45-31-19-39(20-32-45)40-21-33-46(34-22-40)48(42-25-13-36(8-4)14-26-42)44-29-17-38(10-6-2)18-30-44/h5-36H,1-4H2;3-6,8-11,14-33H,1-2,7,12-13,34-35H2;5-8,11-34H,1-4,9-10H2. The fraction of sp³-hybridized carbons (Fsp3) is 0.0556. The van der Waals surface area contributed by atoms with Crippen LogP contribution >= 0.6 is 0 Å². The van der Waals surface area contributed by atoms with Gasteiger partial charge in [-0.25, -0.2) is 0 Å². The first-order chi connectivity index (χ1) is 73.9. The summed E-state index contributed by atoms with van der Waals surface area (Å²) in [6.07, 6.45) is 26.8. The zero-order chi connectivity index (χ0) is 103. The summed E-state index contributed by atoms with van der Waals surface area (Å²) in [6.45, 7) is 39.5. The van der Waals surface area contributed by atoms with Gasteiger partial charge in [0.1, 0.15) is 0 Å². The molecule has 20 aromatic rings.